The van der Waals surface area contributed by atoms with Gasteiger partial charge < -0.3 is 15.7 Å². The van der Waals surface area contributed by atoms with Gasteiger partial charge in [0.1, 0.15) is 0 Å². The lowest BCUT2D eigenvalue weighted by molar-refractivity contribution is -0.137. The number of hydrogen-bond acceptors (Lipinski definition) is 3. The number of carbonyl (C=O) groups is 2. The fourth-order valence-corrected chi connectivity index (χ4v) is 1.72. The minimum absolute atomic E-state index is 0.0176. The molecule has 0 bridgehead atoms. The number of unbranched alkanes of at least 4 members (excludes halogenated alkanes) is 3. The Morgan fingerprint density at radius 2 is 1.89 bits per heavy atom. The van der Waals surface area contributed by atoms with Gasteiger partial charge >= 0.3 is 5.97 Å². The van der Waals surface area contributed by atoms with Crippen molar-refractivity contribution in [1.82, 2.24) is 10.6 Å². The van der Waals surface area contributed by atoms with Gasteiger partial charge in [0, 0.05) is 13.0 Å². The van der Waals surface area contributed by atoms with Crippen LogP contribution in [0.5, 0.6) is 0 Å². The minimum Gasteiger partial charge on any atom is -0.481 e. The monoisotopic (exact) mass is 258 g/mol. The van der Waals surface area contributed by atoms with Gasteiger partial charge in [-0.25, -0.2) is 0 Å². The van der Waals surface area contributed by atoms with E-state index in [1.54, 1.807) is 0 Å². The highest BCUT2D eigenvalue weighted by Gasteiger charge is 2.17. The van der Waals surface area contributed by atoms with Gasteiger partial charge in [-0.05, 0) is 26.3 Å². The molecule has 1 unspecified atom stereocenters. The third-order valence-electron chi connectivity index (χ3n) is 2.74. The fraction of sp³-hybridized carbons (Fsp3) is 0.846. The van der Waals surface area contributed by atoms with Crippen LogP contribution in [0.2, 0.25) is 0 Å². The Kier molecular flexibility index (Phi) is 10.3. The fourth-order valence-electron chi connectivity index (χ4n) is 1.72. The van der Waals surface area contributed by atoms with Crippen LogP contribution >= 0.6 is 0 Å². The molecule has 1 amide bonds. The molecule has 0 aromatic carbocycles. The molecule has 0 aliphatic heterocycles. The zero-order chi connectivity index (χ0) is 13.8. The number of hydrogen-bond donors (Lipinski definition) is 3. The molecule has 0 aliphatic carbocycles. The van der Waals surface area contributed by atoms with E-state index in [2.05, 4.69) is 17.6 Å². The zero-order valence-corrected chi connectivity index (χ0v) is 11.5. The zero-order valence-electron chi connectivity index (χ0n) is 11.5. The molecule has 0 spiro atoms. The van der Waals surface area contributed by atoms with E-state index in [9.17, 15) is 9.59 Å². The van der Waals surface area contributed by atoms with Gasteiger partial charge in [-0.3, -0.25) is 9.59 Å². The van der Waals surface area contributed by atoms with Gasteiger partial charge in [-0.2, -0.15) is 0 Å². The second-order valence-corrected chi connectivity index (χ2v) is 4.39. The summed E-state index contributed by atoms with van der Waals surface area (Å²) in [6.07, 6.45) is 4.90. The van der Waals surface area contributed by atoms with Crippen LogP contribution in [-0.2, 0) is 9.59 Å². The molecule has 0 aromatic heterocycles. The van der Waals surface area contributed by atoms with Gasteiger partial charge in [-0.1, -0.05) is 26.2 Å². The maximum absolute atomic E-state index is 11.7. The molecular formula is C13H26N2O3. The molecule has 1 atom stereocenters. The number of likely N-dealkylation sites (N-methyl/N-ethyl adjacent to an activating group) is 1. The van der Waals surface area contributed by atoms with Crippen molar-refractivity contribution in [2.24, 2.45) is 0 Å². The van der Waals surface area contributed by atoms with Gasteiger partial charge in [0.05, 0.1) is 6.04 Å². The first-order valence-electron chi connectivity index (χ1n) is 6.84. The summed E-state index contributed by atoms with van der Waals surface area (Å²) in [6, 6.07) is -0.386. The lowest BCUT2D eigenvalue weighted by Crippen LogP contribution is -2.44. The predicted octanol–water partition coefficient (Wildman–Crippen LogP) is 1.53. The van der Waals surface area contributed by atoms with Crippen molar-refractivity contribution in [1.29, 1.82) is 0 Å². The van der Waals surface area contributed by atoms with Crippen LogP contribution in [0.25, 0.3) is 0 Å². The number of carboxylic acid groups (broad SMARTS) is 1. The van der Waals surface area contributed by atoms with Crippen LogP contribution in [-0.4, -0.2) is 36.1 Å². The quantitative estimate of drug-likeness (QED) is 0.491. The Morgan fingerprint density at radius 1 is 1.17 bits per heavy atom. The summed E-state index contributed by atoms with van der Waals surface area (Å²) in [5.41, 5.74) is 0. The molecule has 0 aliphatic rings. The van der Waals surface area contributed by atoms with Crippen LogP contribution in [0.3, 0.4) is 0 Å². The van der Waals surface area contributed by atoms with E-state index in [-0.39, 0.29) is 18.4 Å². The van der Waals surface area contributed by atoms with E-state index in [1.165, 1.54) is 12.8 Å². The largest absolute Gasteiger partial charge is 0.481 e. The number of carbonyl (C=O) groups excluding carboxylic acids is 1. The number of amides is 1. The van der Waals surface area contributed by atoms with E-state index >= 15 is 0 Å². The highest BCUT2D eigenvalue weighted by molar-refractivity contribution is 5.82. The summed E-state index contributed by atoms with van der Waals surface area (Å²) in [4.78, 5) is 22.2. The summed E-state index contributed by atoms with van der Waals surface area (Å²) in [7, 11) is 0. The molecule has 5 nitrogen and oxygen atoms in total. The first kappa shape index (κ1) is 16.9. The van der Waals surface area contributed by atoms with Crippen LogP contribution < -0.4 is 10.6 Å². The van der Waals surface area contributed by atoms with E-state index in [1.807, 2.05) is 6.92 Å². The van der Waals surface area contributed by atoms with Crippen molar-refractivity contribution in [3.05, 3.63) is 0 Å². The number of carboxylic acids is 1. The molecule has 5 heteroatoms. The third-order valence-corrected chi connectivity index (χ3v) is 2.74. The summed E-state index contributed by atoms with van der Waals surface area (Å²) in [6.45, 7) is 5.34. The highest BCUT2D eigenvalue weighted by Crippen LogP contribution is 2.01. The van der Waals surface area contributed by atoms with E-state index in [4.69, 9.17) is 5.11 Å². The number of nitrogens with one attached hydrogen (secondary N) is 2. The molecule has 18 heavy (non-hydrogen) atoms. The Balaban J connectivity index is 3.96. The average Bonchev–Trinajstić information content (AvgIpc) is 2.32. The molecular weight excluding hydrogens is 232 g/mol. The first-order valence-corrected chi connectivity index (χ1v) is 6.84. The van der Waals surface area contributed by atoms with Crippen molar-refractivity contribution in [3.63, 3.8) is 0 Å². The second-order valence-electron chi connectivity index (χ2n) is 4.39. The molecule has 0 saturated heterocycles. The van der Waals surface area contributed by atoms with Crippen molar-refractivity contribution in [2.45, 2.75) is 58.4 Å². The van der Waals surface area contributed by atoms with Crippen molar-refractivity contribution in [3.8, 4) is 0 Å². The van der Waals surface area contributed by atoms with E-state index in [0.29, 0.717) is 13.0 Å². The lowest BCUT2D eigenvalue weighted by Gasteiger charge is -2.17. The SMILES string of the molecule is CCCCCCNC(CCC(=O)O)C(=O)NCC. The van der Waals surface area contributed by atoms with Gasteiger partial charge in [0.25, 0.3) is 0 Å². The minimum atomic E-state index is -0.864. The van der Waals surface area contributed by atoms with Crippen LogP contribution in [0.4, 0.5) is 0 Å². The first-order chi connectivity index (χ1) is 8.61. The average molecular weight is 258 g/mol. The van der Waals surface area contributed by atoms with Crippen molar-refractivity contribution < 1.29 is 14.7 Å². The number of rotatable bonds is 11. The van der Waals surface area contributed by atoms with Crippen LogP contribution in [0.1, 0.15) is 52.4 Å². The normalized spacial score (nSPS) is 12.1. The van der Waals surface area contributed by atoms with Gasteiger partial charge in [0.2, 0.25) is 5.91 Å². The van der Waals surface area contributed by atoms with Crippen LogP contribution in [0, 0.1) is 0 Å². The van der Waals surface area contributed by atoms with Crippen molar-refractivity contribution >= 4 is 11.9 Å². The standard InChI is InChI=1S/C13H26N2O3/c1-3-5-6-7-10-15-11(8-9-12(16)17)13(18)14-4-2/h11,15H,3-10H2,1-2H3,(H,14,18)(H,16,17). The third kappa shape index (κ3) is 8.98. The smallest absolute Gasteiger partial charge is 0.303 e. The molecule has 0 radical (unpaired) electrons. The van der Waals surface area contributed by atoms with E-state index < -0.39 is 5.97 Å². The summed E-state index contributed by atoms with van der Waals surface area (Å²) >= 11 is 0. The molecule has 0 aromatic rings. The molecule has 0 heterocycles. The second kappa shape index (κ2) is 11.0. The van der Waals surface area contributed by atoms with Gasteiger partial charge in [-0.15, -0.1) is 0 Å². The van der Waals surface area contributed by atoms with E-state index in [0.717, 1.165) is 19.4 Å². The summed E-state index contributed by atoms with van der Waals surface area (Å²) in [5, 5.41) is 14.5. The Morgan fingerprint density at radius 3 is 2.44 bits per heavy atom. The Labute approximate surface area is 109 Å². The predicted molar refractivity (Wildman–Crippen MR) is 71.5 cm³/mol. The summed E-state index contributed by atoms with van der Waals surface area (Å²) in [5.74, 6) is -0.966. The Bertz CT molecular complexity index is 244. The summed E-state index contributed by atoms with van der Waals surface area (Å²) < 4.78 is 0. The molecule has 0 fully saturated rings. The maximum Gasteiger partial charge on any atom is 0.303 e. The molecule has 0 saturated carbocycles. The maximum atomic E-state index is 11.7. The highest BCUT2D eigenvalue weighted by atomic mass is 16.4. The Hall–Kier alpha value is -1.10. The lowest BCUT2D eigenvalue weighted by atomic mass is 10.1. The topological polar surface area (TPSA) is 78.4 Å². The van der Waals surface area contributed by atoms with Gasteiger partial charge in [0.15, 0.2) is 0 Å². The molecule has 0 rings (SSSR count). The molecule has 3 N–H and O–H groups in total. The molecule has 106 valence electrons. The van der Waals surface area contributed by atoms with Crippen molar-refractivity contribution in [2.75, 3.05) is 13.1 Å². The van der Waals surface area contributed by atoms with Crippen LogP contribution in [0.15, 0.2) is 0 Å². The number of aliphatic carboxylic acids is 1.